The number of benzene rings is 8. The molecule has 0 spiro atoms. The summed E-state index contributed by atoms with van der Waals surface area (Å²) in [7, 11) is 0. The van der Waals surface area contributed by atoms with Crippen LogP contribution in [-0.4, -0.2) is 14.1 Å². The Bertz CT molecular complexity index is 3110. The first-order valence-electron chi connectivity index (χ1n) is 17.1. The summed E-state index contributed by atoms with van der Waals surface area (Å²) in [6, 6.07) is 60.0. The van der Waals surface area contributed by atoms with Crippen LogP contribution in [-0.2, 0) is 0 Å². The van der Waals surface area contributed by atoms with E-state index in [2.05, 4.69) is 178 Å². The van der Waals surface area contributed by atoms with Crippen LogP contribution >= 0.6 is 0 Å². The van der Waals surface area contributed by atoms with Crippen molar-refractivity contribution < 1.29 is 0 Å². The van der Waals surface area contributed by atoms with E-state index in [4.69, 9.17) is 0 Å². The molecule has 0 bridgehead atoms. The van der Waals surface area contributed by atoms with Gasteiger partial charge >= 0.3 is 0 Å². The molecule has 3 heterocycles. The van der Waals surface area contributed by atoms with Gasteiger partial charge in [0.2, 0.25) is 0 Å². The van der Waals surface area contributed by atoms with Crippen LogP contribution in [0.25, 0.3) is 98.4 Å². The molecule has 50 heavy (non-hydrogen) atoms. The largest absolute Gasteiger partial charge is 0.309 e. The van der Waals surface area contributed by atoms with Gasteiger partial charge in [0.1, 0.15) is 0 Å². The molecule has 232 valence electrons. The molecule has 0 fully saturated rings. The molecule has 0 atom stereocenters. The Balaban J connectivity index is 1.12. The number of aromatic nitrogens is 3. The Hall–Kier alpha value is -6.71. The Morgan fingerprint density at radius 1 is 0.280 bits per heavy atom. The maximum atomic E-state index is 4.26. The highest BCUT2D eigenvalue weighted by molar-refractivity contribution is 6.25. The van der Waals surface area contributed by atoms with E-state index in [1.54, 1.807) is 0 Å². The minimum atomic E-state index is 1.11. The molecule has 3 aromatic heterocycles. The van der Waals surface area contributed by atoms with E-state index in [0.29, 0.717) is 0 Å². The number of nitrogens with zero attached hydrogens (tertiary/aromatic N) is 3. The second kappa shape index (κ2) is 10.4. The fourth-order valence-electron chi connectivity index (χ4n) is 8.39. The molecule has 11 rings (SSSR count). The molecular formula is C47H29N3. The molecule has 0 unspecified atom stereocenters. The number of pyridine rings is 1. The molecule has 0 aliphatic rings. The van der Waals surface area contributed by atoms with E-state index < -0.39 is 0 Å². The van der Waals surface area contributed by atoms with Crippen molar-refractivity contribution >= 4 is 75.9 Å². The first-order valence-corrected chi connectivity index (χ1v) is 17.1. The van der Waals surface area contributed by atoms with Gasteiger partial charge in [-0.25, -0.2) is 0 Å². The molecule has 0 amide bonds. The van der Waals surface area contributed by atoms with Crippen molar-refractivity contribution in [2.24, 2.45) is 0 Å². The molecule has 0 saturated carbocycles. The van der Waals surface area contributed by atoms with Gasteiger partial charge in [0, 0.05) is 45.3 Å². The molecule has 0 N–H and O–H groups in total. The van der Waals surface area contributed by atoms with Crippen molar-refractivity contribution in [2.75, 3.05) is 0 Å². The Morgan fingerprint density at radius 2 is 0.700 bits per heavy atom. The molecule has 0 aliphatic carbocycles. The first kappa shape index (κ1) is 27.3. The summed E-state index contributed by atoms with van der Waals surface area (Å²) in [5.41, 5.74) is 9.49. The highest BCUT2D eigenvalue weighted by atomic mass is 15.0. The van der Waals surface area contributed by atoms with Crippen molar-refractivity contribution in [3.8, 4) is 22.5 Å². The maximum absolute atomic E-state index is 4.26. The summed E-state index contributed by atoms with van der Waals surface area (Å²) in [6.45, 7) is 0. The molecule has 0 radical (unpaired) electrons. The summed E-state index contributed by atoms with van der Waals surface area (Å²) in [6.07, 6.45) is 3.72. The maximum Gasteiger partial charge on any atom is 0.0541 e. The smallest absolute Gasteiger partial charge is 0.0541 e. The average Bonchev–Trinajstić information content (AvgIpc) is 3.70. The molecule has 0 saturated heterocycles. The van der Waals surface area contributed by atoms with Gasteiger partial charge in [0.05, 0.1) is 22.1 Å². The van der Waals surface area contributed by atoms with Gasteiger partial charge in [-0.3, -0.25) is 4.98 Å². The van der Waals surface area contributed by atoms with Crippen LogP contribution in [0.5, 0.6) is 0 Å². The van der Waals surface area contributed by atoms with E-state index in [1.165, 1.54) is 92.7 Å². The normalized spacial score (nSPS) is 12.0. The summed E-state index contributed by atoms with van der Waals surface area (Å²) >= 11 is 0. The third-order valence-electron chi connectivity index (χ3n) is 10.6. The number of fused-ring (bicyclic) bond motifs is 12. The lowest BCUT2D eigenvalue weighted by Gasteiger charge is -2.14. The van der Waals surface area contributed by atoms with Gasteiger partial charge in [0.15, 0.2) is 0 Å². The minimum absolute atomic E-state index is 1.11. The zero-order valence-electron chi connectivity index (χ0n) is 27.1. The van der Waals surface area contributed by atoms with E-state index in [9.17, 15) is 0 Å². The third kappa shape index (κ3) is 3.83. The van der Waals surface area contributed by atoms with Gasteiger partial charge in [-0.05, 0) is 104 Å². The lowest BCUT2D eigenvalue weighted by Crippen LogP contribution is -1.94. The summed E-state index contributed by atoms with van der Waals surface area (Å²) in [5, 5.41) is 12.7. The summed E-state index contributed by atoms with van der Waals surface area (Å²) < 4.78 is 4.77. The van der Waals surface area contributed by atoms with Gasteiger partial charge in [-0.2, -0.15) is 0 Å². The van der Waals surface area contributed by atoms with Crippen LogP contribution in [0.2, 0.25) is 0 Å². The Labute approximate surface area is 287 Å². The number of rotatable bonds is 3. The SMILES string of the molecule is c1ccc2c(c1)c1ccccc1c1cc(-n3c4ccccc4c4cc(-c5ccc6c(c5)c5ccccc5n6-c5ccncc5)ccc43)ccc21. The monoisotopic (exact) mass is 635 g/mol. The van der Waals surface area contributed by atoms with Gasteiger partial charge in [-0.1, -0.05) is 103 Å². The van der Waals surface area contributed by atoms with Crippen molar-refractivity contribution in [3.63, 3.8) is 0 Å². The second-order valence-corrected chi connectivity index (χ2v) is 13.2. The van der Waals surface area contributed by atoms with Gasteiger partial charge in [0.25, 0.3) is 0 Å². The zero-order valence-corrected chi connectivity index (χ0v) is 27.1. The molecule has 3 nitrogen and oxygen atoms in total. The lowest BCUT2D eigenvalue weighted by atomic mass is 9.94. The van der Waals surface area contributed by atoms with Crippen molar-refractivity contribution in [3.05, 3.63) is 176 Å². The van der Waals surface area contributed by atoms with Crippen LogP contribution in [0, 0.1) is 0 Å². The second-order valence-electron chi connectivity index (χ2n) is 13.2. The molecule has 0 aliphatic heterocycles. The zero-order chi connectivity index (χ0) is 32.8. The summed E-state index contributed by atoms with van der Waals surface area (Å²) in [5.74, 6) is 0. The quantitative estimate of drug-likeness (QED) is 0.177. The molecule has 11 aromatic rings. The number of hydrogen-bond acceptors (Lipinski definition) is 1. The Kier molecular flexibility index (Phi) is 5.67. The number of para-hydroxylation sites is 2. The number of hydrogen-bond donors (Lipinski definition) is 0. The lowest BCUT2D eigenvalue weighted by molar-refractivity contribution is 1.16. The topological polar surface area (TPSA) is 22.8 Å². The highest BCUT2D eigenvalue weighted by Crippen LogP contribution is 2.40. The predicted octanol–water partition coefficient (Wildman–Crippen LogP) is 12.4. The van der Waals surface area contributed by atoms with E-state index in [0.717, 1.165) is 5.69 Å². The van der Waals surface area contributed by atoms with Crippen LogP contribution in [0.4, 0.5) is 0 Å². The van der Waals surface area contributed by atoms with E-state index in [1.807, 2.05) is 12.4 Å². The highest BCUT2D eigenvalue weighted by Gasteiger charge is 2.17. The predicted molar refractivity (Wildman–Crippen MR) is 211 cm³/mol. The van der Waals surface area contributed by atoms with E-state index >= 15 is 0 Å². The van der Waals surface area contributed by atoms with Crippen LogP contribution in [0.1, 0.15) is 0 Å². The molecule has 3 heteroatoms. The van der Waals surface area contributed by atoms with E-state index in [-0.39, 0.29) is 0 Å². The summed E-state index contributed by atoms with van der Waals surface area (Å²) in [4.78, 5) is 4.26. The minimum Gasteiger partial charge on any atom is -0.309 e. The van der Waals surface area contributed by atoms with Gasteiger partial charge in [-0.15, -0.1) is 0 Å². The van der Waals surface area contributed by atoms with Crippen molar-refractivity contribution in [1.29, 1.82) is 0 Å². The Morgan fingerprint density at radius 3 is 1.24 bits per heavy atom. The fraction of sp³-hybridized carbons (Fsp3) is 0. The van der Waals surface area contributed by atoms with Crippen LogP contribution in [0.3, 0.4) is 0 Å². The van der Waals surface area contributed by atoms with Crippen LogP contribution in [0.15, 0.2) is 176 Å². The van der Waals surface area contributed by atoms with Crippen molar-refractivity contribution in [1.82, 2.24) is 14.1 Å². The first-order chi connectivity index (χ1) is 24.8. The fourth-order valence-corrected chi connectivity index (χ4v) is 8.39. The third-order valence-corrected chi connectivity index (χ3v) is 10.6. The van der Waals surface area contributed by atoms with Crippen LogP contribution < -0.4 is 0 Å². The standard InChI is InChI=1S/C47H29N3/c1-2-11-36-34(9-1)35-10-3-4-12-37(35)41-29-33(19-20-38(36)41)50-45-16-8-6-14-40(45)43-28-31(18-22-47(43)50)30-17-21-46-42(27-30)39-13-5-7-15-44(39)49(46)32-23-25-48-26-24-32/h1-29H. The molecular weight excluding hydrogens is 607 g/mol. The average molecular weight is 636 g/mol. The van der Waals surface area contributed by atoms with Gasteiger partial charge < -0.3 is 9.13 Å². The molecule has 8 aromatic carbocycles. The van der Waals surface area contributed by atoms with Crippen molar-refractivity contribution in [2.45, 2.75) is 0 Å².